The van der Waals surface area contributed by atoms with Crippen molar-refractivity contribution in [2.75, 3.05) is 30.3 Å². The SMILES string of the molecule is CC.O=Cc1ccc2c(c1)SCCN2CCO. The molecule has 1 heterocycles. The molecule has 0 unspecified atom stereocenters. The zero-order chi connectivity index (χ0) is 12.7. The Morgan fingerprint density at radius 1 is 1.47 bits per heavy atom. The predicted molar refractivity (Wildman–Crippen MR) is 73.2 cm³/mol. The molecule has 1 aliphatic rings. The number of aldehydes is 1. The Bertz CT molecular complexity index is 368. The van der Waals surface area contributed by atoms with Gasteiger partial charge < -0.3 is 10.0 Å². The van der Waals surface area contributed by atoms with Gasteiger partial charge in [0.2, 0.25) is 0 Å². The molecular weight excluding hydrogens is 234 g/mol. The lowest BCUT2D eigenvalue weighted by Crippen LogP contribution is -2.31. The van der Waals surface area contributed by atoms with E-state index in [1.165, 1.54) is 0 Å². The summed E-state index contributed by atoms with van der Waals surface area (Å²) in [6.45, 7) is 5.78. The number of benzene rings is 1. The number of hydrogen-bond donors (Lipinski definition) is 1. The summed E-state index contributed by atoms with van der Waals surface area (Å²) in [5, 5.41) is 8.94. The summed E-state index contributed by atoms with van der Waals surface area (Å²) >= 11 is 1.77. The Morgan fingerprint density at radius 3 is 2.88 bits per heavy atom. The van der Waals surface area contributed by atoms with E-state index in [-0.39, 0.29) is 6.61 Å². The van der Waals surface area contributed by atoms with E-state index >= 15 is 0 Å². The van der Waals surface area contributed by atoms with Gasteiger partial charge in [0.05, 0.1) is 12.3 Å². The average Bonchev–Trinajstić information content (AvgIpc) is 2.41. The van der Waals surface area contributed by atoms with Crippen molar-refractivity contribution in [3.05, 3.63) is 23.8 Å². The van der Waals surface area contributed by atoms with Crippen molar-refractivity contribution < 1.29 is 9.90 Å². The molecule has 4 heteroatoms. The molecule has 94 valence electrons. The van der Waals surface area contributed by atoms with Gasteiger partial charge in [-0.15, -0.1) is 11.8 Å². The lowest BCUT2D eigenvalue weighted by Gasteiger charge is -2.30. The van der Waals surface area contributed by atoms with Gasteiger partial charge in [0.15, 0.2) is 0 Å². The number of carbonyl (C=O) groups excluding carboxylic acids is 1. The van der Waals surface area contributed by atoms with Gasteiger partial charge in [-0.2, -0.15) is 0 Å². The maximum Gasteiger partial charge on any atom is 0.150 e. The first-order valence-corrected chi connectivity index (χ1v) is 6.91. The minimum Gasteiger partial charge on any atom is -0.395 e. The molecule has 1 N–H and O–H groups in total. The van der Waals surface area contributed by atoms with Crippen molar-refractivity contribution in [3.8, 4) is 0 Å². The summed E-state index contributed by atoms with van der Waals surface area (Å²) < 4.78 is 0. The van der Waals surface area contributed by atoms with E-state index in [9.17, 15) is 4.79 Å². The normalized spacial score (nSPS) is 13.5. The van der Waals surface area contributed by atoms with Crippen LogP contribution < -0.4 is 4.90 Å². The fourth-order valence-corrected chi connectivity index (χ4v) is 2.82. The number of hydrogen-bond acceptors (Lipinski definition) is 4. The van der Waals surface area contributed by atoms with E-state index < -0.39 is 0 Å². The number of rotatable bonds is 3. The van der Waals surface area contributed by atoms with Gasteiger partial charge >= 0.3 is 0 Å². The molecule has 1 aromatic carbocycles. The first kappa shape index (κ1) is 14.1. The van der Waals surface area contributed by atoms with Gasteiger partial charge in [0.25, 0.3) is 0 Å². The summed E-state index contributed by atoms with van der Waals surface area (Å²) in [6.07, 6.45) is 0.867. The van der Waals surface area contributed by atoms with Crippen molar-refractivity contribution in [2.24, 2.45) is 0 Å². The number of aliphatic hydroxyl groups excluding tert-OH is 1. The molecule has 0 atom stereocenters. The molecule has 3 nitrogen and oxygen atoms in total. The van der Waals surface area contributed by atoms with Crippen LogP contribution in [0.5, 0.6) is 0 Å². The number of nitrogens with zero attached hydrogens (tertiary/aromatic N) is 1. The van der Waals surface area contributed by atoms with Gasteiger partial charge in [0, 0.05) is 29.3 Å². The number of aliphatic hydroxyl groups is 1. The highest BCUT2D eigenvalue weighted by atomic mass is 32.2. The Morgan fingerprint density at radius 2 is 2.24 bits per heavy atom. The zero-order valence-corrected chi connectivity index (χ0v) is 11.2. The van der Waals surface area contributed by atoms with E-state index in [0.29, 0.717) is 12.1 Å². The van der Waals surface area contributed by atoms with E-state index in [4.69, 9.17) is 5.11 Å². The van der Waals surface area contributed by atoms with Crippen LogP contribution in [0.2, 0.25) is 0 Å². The molecule has 0 amide bonds. The zero-order valence-electron chi connectivity index (χ0n) is 10.3. The second-order valence-corrected chi connectivity index (χ2v) is 4.54. The minimum absolute atomic E-state index is 0.166. The standard InChI is InChI=1S/C11H13NO2S.C2H6/c13-5-3-12-4-6-15-11-7-9(8-14)1-2-10(11)12;1-2/h1-2,7-8,13H,3-6H2;1-2H3. The molecule has 17 heavy (non-hydrogen) atoms. The smallest absolute Gasteiger partial charge is 0.150 e. The van der Waals surface area contributed by atoms with Gasteiger partial charge in [0.1, 0.15) is 6.29 Å². The topological polar surface area (TPSA) is 40.5 Å². The fourth-order valence-electron chi connectivity index (χ4n) is 1.72. The van der Waals surface area contributed by atoms with E-state index in [0.717, 1.165) is 29.2 Å². The maximum atomic E-state index is 10.6. The van der Waals surface area contributed by atoms with Gasteiger partial charge in [-0.1, -0.05) is 13.8 Å². The molecule has 0 spiro atoms. The first-order chi connectivity index (χ1) is 8.35. The van der Waals surface area contributed by atoms with Crippen molar-refractivity contribution in [2.45, 2.75) is 18.7 Å². The maximum absolute atomic E-state index is 10.6. The third kappa shape index (κ3) is 3.48. The molecule has 2 rings (SSSR count). The highest BCUT2D eigenvalue weighted by molar-refractivity contribution is 7.99. The largest absolute Gasteiger partial charge is 0.395 e. The second kappa shape index (κ2) is 7.35. The van der Waals surface area contributed by atoms with Crippen LogP contribution in [0.25, 0.3) is 0 Å². The number of fused-ring (bicyclic) bond motifs is 1. The quantitative estimate of drug-likeness (QED) is 0.840. The van der Waals surface area contributed by atoms with E-state index in [2.05, 4.69) is 4.90 Å². The third-order valence-electron chi connectivity index (χ3n) is 2.45. The van der Waals surface area contributed by atoms with Crippen molar-refractivity contribution in [1.82, 2.24) is 0 Å². The van der Waals surface area contributed by atoms with Crippen LogP contribution in [0, 0.1) is 0 Å². The summed E-state index contributed by atoms with van der Waals surface area (Å²) in [5.41, 5.74) is 1.85. The highest BCUT2D eigenvalue weighted by Crippen LogP contribution is 2.34. The van der Waals surface area contributed by atoms with Crippen LogP contribution >= 0.6 is 11.8 Å². The first-order valence-electron chi connectivity index (χ1n) is 5.93. The third-order valence-corrected chi connectivity index (χ3v) is 3.47. The molecule has 0 aliphatic carbocycles. The molecule has 0 bridgehead atoms. The molecule has 1 aliphatic heterocycles. The van der Waals surface area contributed by atoms with Crippen LogP contribution in [0.1, 0.15) is 24.2 Å². The summed E-state index contributed by atoms with van der Waals surface area (Å²) in [6, 6.07) is 5.69. The Kier molecular flexibility index (Phi) is 6.08. The van der Waals surface area contributed by atoms with Crippen LogP contribution in [-0.2, 0) is 0 Å². The monoisotopic (exact) mass is 253 g/mol. The van der Waals surface area contributed by atoms with Crippen molar-refractivity contribution >= 4 is 23.7 Å². The molecule has 0 saturated carbocycles. The minimum atomic E-state index is 0.166. The Balaban J connectivity index is 0.000000686. The Hall–Kier alpha value is -1.00. The van der Waals surface area contributed by atoms with Gasteiger partial charge in [-0.25, -0.2) is 0 Å². The van der Waals surface area contributed by atoms with E-state index in [1.807, 2.05) is 32.0 Å². The van der Waals surface area contributed by atoms with Crippen LogP contribution in [0.4, 0.5) is 5.69 Å². The van der Waals surface area contributed by atoms with Crippen LogP contribution in [-0.4, -0.2) is 36.8 Å². The Labute approximate surface area is 107 Å². The fraction of sp³-hybridized carbons (Fsp3) is 0.462. The average molecular weight is 253 g/mol. The molecule has 0 aromatic heterocycles. The molecule has 0 radical (unpaired) electrons. The second-order valence-electron chi connectivity index (χ2n) is 3.40. The van der Waals surface area contributed by atoms with Gasteiger partial charge in [-0.05, 0) is 18.2 Å². The number of anilines is 1. The molecule has 0 fully saturated rings. The van der Waals surface area contributed by atoms with Crippen molar-refractivity contribution in [3.63, 3.8) is 0 Å². The predicted octanol–water partition coefficient (Wildman–Crippen LogP) is 2.43. The summed E-state index contributed by atoms with van der Waals surface area (Å²) in [7, 11) is 0. The molecule has 1 aromatic rings. The summed E-state index contributed by atoms with van der Waals surface area (Å²) in [4.78, 5) is 13.9. The van der Waals surface area contributed by atoms with Crippen LogP contribution in [0.3, 0.4) is 0 Å². The lowest BCUT2D eigenvalue weighted by molar-refractivity contribution is 0.112. The summed E-state index contributed by atoms with van der Waals surface area (Å²) in [5.74, 6) is 1.01. The van der Waals surface area contributed by atoms with Crippen LogP contribution in [0.15, 0.2) is 23.1 Å². The van der Waals surface area contributed by atoms with E-state index in [1.54, 1.807) is 11.8 Å². The molecule has 0 saturated heterocycles. The van der Waals surface area contributed by atoms with Crippen molar-refractivity contribution in [1.29, 1.82) is 0 Å². The van der Waals surface area contributed by atoms with Gasteiger partial charge in [-0.3, -0.25) is 4.79 Å². The lowest BCUT2D eigenvalue weighted by atomic mass is 10.2. The highest BCUT2D eigenvalue weighted by Gasteiger charge is 2.16. The number of thioether (sulfide) groups is 1. The number of β-amino-alcohol motifs (C(OH)–C–C–N with tert-alkyl or cyclic N) is 1. The molecular formula is C13H19NO2S. The number of carbonyl (C=O) groups is 1.